The van der Waals surface area contributed by atoms with Crippen molar-refractivity contribution in [2.75, 3.05) is 0 Å². The average Bonchev–Trinajstić information content (AvgIpc) is 2.29. The predicted octanol–water partition coefficient (Wildman–Crippen LogP) is 2.60. The van der Waals surface area contributed by atoms with Gasteiger partial charge in [0, 0.05) is 12.8 Å². The van der Waals surface area contributed by atoms with Crippen molar-refractivity contribution in [3.63, 3.8) is 0 Å². The first-order valence-electron chi connectivity index (χ1n) is 5.55. The Morgan fingerprint density at radius 1 is 0.923 bits per heavy atom. The SMILES string of the molecule is CC12CCCCC(O)(CCCC1)O2. The van der Waals surface area contributed by atoms with E-state index in [0.717, 1.165) is 38.5 Å². The van der Waals surface area contributed by atoms with Gasteiger partial charge in [0.05, 0.1) is 5.60 Å². The molecule has 0 unspecified atom stereocenters. The van der Waals surface area contributed by atoms with Crippen molar-refractivity contribution in [3.05, 3.63) is 0 Å². The minimum Gasteiger partial charge on any atom is -0.365 e. The number of rotatable bonds is 0. The second-order valence-electron chi connectivity index (χ2n) is 4.91. The molecule has 0 atom stereocenters. The minimum absolute atomic E-state index is 0.0399. The quantitative estimate of drug-likeness (QED) is 0.627. The maximum atomic E-state index is 10.2. The van der Waals surface area contributed by atoms with Gasteiger partial charge in [0.1, 0.15) is 0 Å². The van der Waals surface area contributed by atoms with Gasteiger partial charge in [-0.2, -0.15) is 0 Å². The van der Waals surface area contributed by atoms with Crippen molar-refractivity contribution in [2.24, 2.45) is 0 Å². The van der Waals surface area contributed by atoms with Gasteiger partial charge in [-0.3, -0.25) is 0 Å². The van der Waals surface area contributed by atoms with E-state index in [1.54, 1.807) is 0 Å². The molecule has 2 heterocycles. The van der Waals surface area contributed by atoms with Gasteiger partial charge in [-0.1, -0.05) is 12.8 Å². The first-order valence-corrected chi connectivity index (χ1v) is 5.55. The van der Waals surface area contributed by atoms with Crippen LogP contribution in [0.2, 0.25) is 0 Å². The van der Waals surface area contributed by atoms with Crippen LogP contribution < -0.4 is 0 Å². The number of aliphatic hydroxyl groups is 1. The van der Waals surface area contributed by atoms with Crippen molar-refractivity contribution in [2.45, 2.75) is 69.7 Å². The molecule has 0 saturated carbocycles. The number of fused-ring (bicyclic) bond motifs is 2. The molecule has 0 spiro atoms. The van der Waals surface area contributed by atoms with Crippen LogP contribution in [0.3, 0.4) is 0 Å². The molecule has 2 saturated heterocycles. The Morgan fingerprint density at radius 3 is 1.92 bits per heavy atom. The zero-order valence-corrected chi connectivity index (χ0v) is 8.51. The number of hydrogen-bond donors (Lipinski definition) is 1. The Hall–Kier alpha value is -0.0800. The van der Waals surface area contributed by atoms with E-state index in [4.69, 9.17) is 4.74 Å². The van der Waals surface area contributed by atoms with E-state index in [0.29, 0.717) is 0 Å². The molecular formula is C11H20O2. The van der Waals surface area contributed by atoms with Gasteiger partial charge in [0.25, 0.3) is 0 Å². The van der Waals surface area contributed by atoms with Crippen molar-refractivity contribution < 1.29 is 9.84 Å². The summed E-state index contributed by atoms with van der Waals surface area (Å²) in [5.74, 6) is -0.790. The third-order valence-corrected chi connectivity index (χ3v) is 3.48. The van der Waals surface area contributed by atoms with E-state index in [1.807, 2.05) is 0 Å². The van der Waals surface area contributed by atoms with E-state index in [-0.39, 0.29) is 5.60 Å². The molecule has 2 heteroatoms. The highest BCUT2D eigenvalue weighted by molar-refractivity contribution is 4.86. The summed E-state index contributed by atoms with van der Waals surface area (Å²) in [5, 5.41) is 10.2. The molecule has 0 radical (unpaired) electrons. The fourth-order valence-electron chi connectivity index (χ4n) is 2.71. The van der Waals surface area contributed by atoms with E-state index < -0.39 is 5.79 Å². The fourth-order valence-corrected chi connectivity index (χ4v) is 2.71. The molecule has 1 N–H and O–H groups in total. The standard InChI is InChI=1S/C11H20O2/c1-10-6-2-4-8-11(12,13-10)9-5-3-7-10/h12H,2-9H2,1H3. The smallest absolute Gasteiger partial charge is 0.166 e. The molecular weight excluding hydrogens is 164 g/mol. The first kappa shape index (κ1) is 9.47. The van der Waals surface area contributed by atoms with Crippen LogP contribution in [0.5, 0.6) is 0 Å². The van der Waals surface area contributed by atoms with Crippen molar-refractivity contribution in [1.82, 2.24) is 0 Å². The predicted molar refractivity (Wildman–Crippen MR) is 51.4 cm³/mol. The second kappa shape index (κ2) is 3.25. The van der Waals surface area contributed by atoms with Crippen LogP contribution in [0, 0.1) is 0 Å². The van der Waals surface area contributed by atoms with Crippen molar-refractivity contribution in [3.8, 4) is 0 Å². The van der Waals surface area contributed by atoms with Crippen LogP contribution in [-0.2, 0) is 4.74 Å². The zero-order valence-electron chi connectivity index (χ0n) is 8.51. The van der Waals surface area contributed by atoms with Gasteiger partial charge < -0.3 is 9.84 Å². The number of ether oxygens (including phenoxy) is 1. The molecule has 0 amide bonds. The third kappa shape index (κ3) is 2.05. The molecule has 2 fully saturated rings. The van der Waals surface area contributed by atoms with Gasteiger partial charge in [0.2, 0.25) is 0 Å². The van der Waals surface area contributed by atoms with Crippen LogP contribution >= 0.6 is 0 Å². The third-order valence-electron chi connectivity index (χ3n) is 3.48. The Kier molecular flexibility index (Phi) is 2.37. The maximum absolute atomic E-state index is 10.2. The van der Waals surface area contributed by atoms with E-state index >= 15 is 0 Å². The van der Waals surface area contributed by atoms with Gasteiger partial charge in [0.15, 0.2) is 5.79 Å². The molecule has 2 bridgehead atoms. The lowest BCUT2D eigenvalue weighted by Crippen LogP contribution is -2.39. The fraction of sp³-hybridized carbons (Fsp3) is 1.00. The Labute approximate surface area is 80.3 Å². The number of hydrogen-bond acceptors (Lipinski definition) is 2. The van der Waals surface area contributed by atoms with Crippen molar-refractivity contribution >= 4 is 0 Å². The average molecular weight is 184 g/mol. The normalized spacial score (nSPS) is 46.6. The molecule has 0 aromatic rings. The molecule has 0 aliphatic carbocycles. The monoisotopic (exact) mass is 184 g/mol. The van der Waals surface area contributed by atoms with Crippen molar-refractivity contribution in [1.29, 1.82) is 0 Å². The van der Waals surface area contributed by atoms with Crippen LogP contribution in [0.25, 0.3) is 0 Å². The highest BCUT2D eigenvalue weighted by Crippen LogP contribution is 2.40. The summed E-state index contributed by atoms with van der Waals surface area (Å²) in [6, 6.07) is 0. The van der Waals surface area contributed by atoms with Gasteiger partial charge in [-0.15, -0.1) is 0 Å². The van der Waals surface area contributed by atoms with Gasteiger partial charge in [-0.25, -0.2) is 0 Å². The lowest BCUT2D eigenvalue weighted by molar-refractivity contribution is -0.256. The topological polar surface area (TPSA) is 29.5 Å². The summed E-state index contributed by atoms with van der Waals surface area (Å²) >= 11 is 0. The highest BCUT2D eigenvalue weighted by Gasteiger charge is 2.41. The van der Waals surface area contributed by atoms with Gasteiger partial charge >= 0.3 is 0 Å². The van der Waals surface area contributed by atoms with Gasteiger partial charge in [-0.05, 0) is 32.6 Å². The molecule has 2 aliphatic heterocycles. The second-order valence-corrected chi connectivity index (χ2v) is 4.91. The first-order chi connectivity index (χ1) is 6.12. The largest absolute Gasteiger partial charge is 0.365 e. The Bertz CT molecular complexity index is 157. The zero-order chi connectivity index (χ0) is 9.36. The lowest BCUT2D eigenvalue weighted by atomic mass is 9.92. The van der Waals surface area contributed by atoms with E-state index in [9.17, 15) is 5.11 Å². The maximum Gasteiger partial charge on any atom is 0.166 e. The molecule has 76 valence electrons. The summed E-state index contributed by atoms with van der Waals surface area (Å²) in [5.41, 5.74) is -0.0399. The molecule has 2 rings (SSSR count). The highest BCUT2D eigenvalue weighted by atomic mass is 16.6. The summed E-state index contributed by atoms with van der Waals surface area (Å²) < 4.78 is 5.90. The van der Waals surface area contributed by atoms with E-state index in [2.05, 4.69) is 6.92 Å². The molecule has 0 aromatic heterocycles. The minimum atomic E-state index is -0.790. The van der Waals surface area contributed by atoms with Crippen LogP contribution in [0.1, 0.15) is 58.3 Å². The van der Waals surface area contributed by atoms with Crippen LogP contribution in [0.4, 0.5) is 0 Å². The Balaban J connectivity index is 2.18. The summed E-state index contributed by atoms with van der Waals surface area (Å²) in [4.78, 5) is 0. The van der Waals surface area contributed by atoms with E-state index in [1.165, 1.54) is 12.8 Å². The van der Waals surface area contributed by atoms with Crippen LogP contribution in [-0.4, -0.2) is 16.5 Å². The molecule has 2 nitrogen and oxygen atoms in total. The summed E-state index contributed by atoms with van der Waals surface area (Å²) in [7, 11) is 0. The Morgan fingerprint density at radius 2 is 1.38 bits per heavy atom. The lowest BCUT2D eigenvalue weighted by Gasteiger charge is -2.34. The molecule has 2 aliphatic rings. The summed E-state index contributed by atoms with van der Waals surface area (Å²) in [6.45, 7) is 2.16. The molecule has 13 heavy (non-hydrogen) atoms. The summed E-state index contributed by atoms with van der Waals surface area (Å²) in [6.07, 6.45) is 8.56. The molecule has 0 aromatic carbocycles. The van der Waals surface area contributed by atoms with Crippen LogP contribution in [0.15, 0.2) is 0 Å².